The Kier molecular flexibility index (Phi) is 32.9. The number of thiol groups is 1. The number of primary amides is 2. The summed E-state index contributed by atoms with van der Waals surface area (Å²) in [6.45, 7) is 1.03. The van der Waals surface area contributed by atoms with E-state index in [-0.39, 0.29) is 43.1 Å². The summed E-state index contributed by atoms with van der Waals surface area (Å²) in [7, 11) is 0. The quantitative estimate of drug-likeness (QED) is 0.0126. The van der Waals surface area contributed by atoms with E-state index in [1.807, 2.05) is 0 Å². The zero-order chi connectivity index (χ0) is 63.1. The molecule has 0 saturated carbocycles. The lowest BCUT2D eigenvalue weighted by Gasteiger charge is -2.27. The zero-order valence-corrected chi connectivity index (χ0v) is 46.6. The molecule has 34 nitrogen and oxygen atoms in total. The molecule has 0 aliphatic rings. The second-order valence-electron chi connectivity index (χ2n) is 18.9. The van der Waals surface area contributed by atoms with Gasteiger partial charge in [-0.15, -0.1) is 0 Å². The maximum atomic E-state index is 14.1. The molecule has 1 aromatic rings. The number of phenols is 1. The highest BCUT2D eigenvalue weighted by Gasteiger charge is 2.37. The molecule has 0 heterocycles. The van der Waals surface area contributed by atoms with Crippen molar-refractivity contribution >= 4 is 95.5 Å². The molecule has 0 aliphatic carbocycles. The third-order valence-electron chi connectivity index (χ3n) is 12.2. The average molecular weight is 1200 g/mol. The van der Waals surface area contributed by atoms with Gasteiger partial charge in [0.1, 0.15) is 60.1 Å². The van der Waals surface area contributed by atoms with Crippen molar-refractivity contribution in [2.24, 2.45) is 45.3 Å². The van der Waals surface area contributed by atoms with Crippen LogP contribution in [0.5, 0.6) is 5.75 Å². The summed E-state index contributed by atoms with van der Waals surface area (Å²) in [5.41, 5.74) is 33.0. The first-order valence-corrected chi connectivity index (χ1v) is 26.5. The lowest BCUT2D eigenvalue weighted by Crippen LogP contribution is -2.62. The number of aliphatic hydroxyl groups excluding tert-OH is 2. The molecule has 0 radical (unpaired) electrons. The number of nitrogens with two attached hydrogens (primary N) is 6. The highest BCUT2D eigenvalue weighted by Crippen LogP contribution is 2.14. The number of aliphatic carboxylic acids is 2. The first-order chi connectivity index (χ1) is 39.0. The fourth-order valence-corrected chi connectivity index (χ4v) is 7.66. The van der Waals surface area contributed by atoms with E-state index >= 15 is 0 Å². The fourth-order valence-electron chi connectivity index (χ4n) is 7.40. The molecule has 11 amide bonds. The molecule has 35 heteroatoms. The van der Waals surface area contributed by atoms with Gasteiger partial charge in [-0.2, -0.15) is 12.6 Å². The Labute approximate surface area is 481 Å². The van der Waals surface area contributed by atoms with Crippen molar-refractivity contribution in [1.82, 2.24) is 47.9 Å². The van der Waals surface area contributed by atoms with E-state index in [1.54, 1.807) is 6.92 Å². The first kappa shape index (κ1) is 72.6. The third kappa shape index (κ3) is 27.3. The summed E-state index contributed by atoms with van der Waals surface area (Å²) in [6, 6.07) is -12.0. The number of benzene rings is 1. The SMILES string of the molecule is CC[C@H](C)[C@H](NC(=O)[C@H](CC(N)=O)NC(=O)[C@H](CO)NC(=O)[C@H](CCCN=C(N)N)NC(=O)[C@H](CO)NC(=O)[C@H](CS)NC(=O)[C@H](Cc1ccc(O)cc1)NC(=O)[C@H](CC(=O)O)NC(=O)[C@H](CC(N)=O)NC(=O)[C@@H](N)CCCCN)C(=O)O. The van der Waals surface area contributed by atoms with Crippen LogP contribution in [-0.2, 0) is 68.7 Å². The minimum atomic E-state index is -2.01. The Morgan fingerprint density at radius 3 is 1.40 bits per heavy atom. The number of guanidine groups is 1. The van der Waals surface area contributed by atoms with Gasteiger partial charge in [-0.3, -0.25) is 62.5 Å². The van der Waals surface area contributed by atoms with E-state index in [2.05, 4.69) is 65.5 Å². The predicted molar refractivity (Wildman–Crippen MR) is 295 cm³/mol. The van der Waals surface area contributed by atoms with Crippen LogP contribution < -0.4 is 82.3 Å². The number of aromatic hydroxyl groups is 1. The molecule has 0 fully saturated rings. The van der Waals surface area contributed by atoms with E-state index in [1.165, 1.54) is 31.2 Å². The Bertz CT molecular complexity index is 2450. The van der Waals surface area contributed by atoms with Crippen LogP contribution in [0.15, 0.2) is 29.3 Å². The Hall–Kier alpha value is -8.41. The second kappa shape index (κ2) is 37.6. The number of aliphatic imine (C=N–C) groups is 1. The topological polar surface area (TPSA) is 600 Å². The number of nitrogens with one attached hydrogen (secondary N) is 9. The molecular formula is C48H78N16O18S. The number of nitrogens with zero attached hydrogens (tertiary/aromatic N) is 1. The Balaban J connectivity index is 3.48. The number of carbonyl (C=O) groups is 13. The number of unbranched alkanes of at least 4 members (excludes halogenated alkanes) is 1. The van der Waals surface area contributed by atoms with Crippen LogP contribution in [0.2, 0.25) is 0 Å². The van der Waals surface area contributed by atoms with Gasteiger partial charge < -0.3 is 108 Å². The standard InChI is InChI=1S/C48H78N16O18S/c1-3-22(2)37(47(81)82)64-43(77)29(17-35(52)69)59-45(79)32(20-66)61-39(73)26(8-6-14-55-48(53)54)56-44(78)31(19-65)62-46(80)33(21-83)63-40(74)27(15-23-9-11-24(67)12-10-23)58-42(76)30(18-36(70)71)60-41(75)28(16-34(51)68)57-38(72)25(50)7-4-5-13-49/h9-12,22,25-33,37,65-67,83H,3-8,13-21,49-50H2,1-2H3,(H2,51,68)(H2,52,69)(H,56,78)(H,57,72)(H,58,76)(H,59,79)(H,60,75)(H,61,73)(H,62,80)(H,63,74)(H,64,77)(H,70,71)(H,81,82)(H4,53,54,55)/t22-,25-,26-,27-,28-,29-,30-,31-,32-,33-,37-/m0/s1. The Morgan fingerprint density at radius 2 is 0.952 bits per heavy atom. The van der Waals surface area contributed by atoms with Crippen molar-refractivity contribution in [3.05, 3.63) is 29.8 Å². The number of hydrogen-bond acceptors (Lipinski definition) is 20. The van der Waals surface area contributed by atoms with Gasteiger partial charge >= 0.3 is 11.9 Å². The van der Waals surface area contributed by atoms with Crippen LogP contribution in [0.3, 0.4) is 0 Å². The van der Waals surface area contributed by atoms with E-state index in [9.17, 15) is 87.9 Å². The minimum Gasteiger partial charge on any atom is -0.508 e. The highest BCUT2D eigenvalue weighted by molar-refractivity contribution is 7.80. The summed E-state index contributed by atoms with van der Waals surface area (Å²) in [4.78, 5) is 174. The molecule has 83 heavy (non-hydrogen) atoms. The summed E-state index contributed by atoms with van der Waals surface area (Å²) < 4.78 is 0. The van der Waals surface area contributed by atoms with E-state index in [0.29, 0.717) is 25.8 Å². The van der Waals surface area contributed by atoms with E-state index < -0.39 is 188 Å². The molecule has 1 aromatic carbocycles. The normalized spacial score (nSPS) is 14.9. The van der Waals surface area contributed by atoms with Crippen molar-refractivity contribution in [2.45, 2.75) is 138 Å². The number of phenolic OH excluding ortho intramolecular Hbond substituents is 1. The van der Waals surface area contributed by atoms with Gasteiger partial charge in [-0.1, -0.05) is 38.8 Å². The number of amides is 11. The summed E-state index contributed by atoms with van der Waals surface area (Å²) in [6.07, 6.45) is -2.22. The molecule has 0 unspecified atom stereocenters. The maximum absolute atomic E-state index is 14.1. The average Bonchev–Trinajstić information content (AvgIpc) is 3.48. The number of carboxylic acid groups (broad SMARTS) is 2. The molecule has 1 rings (SSSR count). The van der Waals surface area contributed by atoms with Crippen molar-refractivity contribution < 1.29 is 87.9 Å². The van der Waals surface area contributed by atoms with Gasteiger partial charge in [0.15, 0.2) is 5.96 Å². The molecule has 0 saturated heterocycles. The number of aliphatic hydroxyl groups is 2. The van der Waals surface area contributed by atoms with Gasteiger partial charge in [0.25, 0.3) is 0 Å². The van der Waals surface area contributed by atoms with E-state index in [0.717, 1.165) is 0 Å². The first-order valence-electron chi connectivity index (χ1n) is 25.9. The largest absolute Gasteiger partial charge is 0.508 e. The van der Waals surface area contributed by atoms with Crippen molar-refractivity contribution in [3.8, 4) is 5.75 Å². The molecule has 0 aromatic heterocycles. The van der Waals surface area contributed by atoms with Gasteiger partial charge in [-0.25, -0.2) is 4.79 Å². The minimum absolute atomic E-state index is 0.0529. The molecule has 464 valence electrons. The van der Waals surface area contributed by atoms with Crippen molar-refractivity contribution in [2.75, 3.05) is 32.1 Å². The highest BCUT2D eigenvalue weighted by atomic mass is 32.1. The van der Waals surface area contributed by atoms with Crippen LogP contribution in [-0.4, -0.2) is 201 Å². The molecule has 0 bridgehead atoms. The smallest absolute Gasteiger partial charge is 0.326 e. The van der Waals surface area contributed by atoms with Gasteiger partial charge in [0.05, 0.1) is 38.5 Å². The Morgan fingerprint density at radius 1 is 0.542 bits per heavy atom. The van der Waals surface area contributed by atoms with Gasteiger partial charge in [-0.05, 0) is 55.8 Å². The lowest BCUT2D eigenvalue weighted by molar-refractivity contribution is -0.144. The van der Waals surface area contributed by atoms with Crippen molar-refractivity contribution in [3.63, 3.8) is 0 Å². The molecule has 11 atom stereocenters. The summed E-state index contributed by atoms with van der Waals surface area (Å²) in [5.74, 6) is -17.6. The lowest BCUT2D eigenvalue weighted by atomic mass is 9.98. The maximum Gasteiger partial charge on any atom is 0.326 e. The molecule has 26 N–H and O–H groups in total. The fraction of sp³-hybridized carbons (Fsp3) is 0.583. The van der Waals surface area contributed by atoms with Gasteiger partial charge in [0, 0.05) is 18.7 Å². The molecule has 0 spiro atoms. The molecule has 0 aliphatic heterocycles. The predicted octanol–water partition coefficient (Wildman–Crippen LogP) is -8.92. The zero-order valence-electron chi connectivity index (χ0n) is 45.7. The second-order valence-corrected chi connectivity index (χ2v) is 19.3. The van der Waals surface area contributed by atoms with E-state index in [4.69, 9.17) is 34.4 Å². The van der Waals surface area contributed by atoms with Crippen molar-refractivity contribution in [1.29, 1.82) is 0 Å². The van der Waals surface area contributed by atoms with Gasteiger partial charge in [0.2, 0.25) is 65.0 Å². The van der Waals surface area contributed by atoms with Crippen LogP contribution >= 0.6 is 12.6 Å². The van der Waals surface area contributed by atoms with Crippen LogP contribution in [0.4, 0.5) is 0 Å². The number of hydrogen-bond donors (Lipinski definition) is 21. The summed E-state index contributed by atoms with van der Waals surface area (Å²) >= 11 is 4.13. The monoisotopic (exact) mass is 1200 g/mol. The van der Waals surface area contributed by atoms with Crippen LogP contribution in [0.1, 0.15) is 77.2 Å². The number of carbonyl (C=O) groups excluding carboxylic acids is 11. The third-order valence-corrected chi connectivity index (χ3v) is 12.6. The number of carboxylic acids is 2. The van der Waals surface area contributed by atoms with Crippen LogP contribution in [0, 0.1) is 5.92 Å². The summed E-state index contributed by atoms with van der Waals surface area (Å²) in [5, 5.41) is 69.7. The number of rotatable bonds is 40. The van der Waals surface area contributed by atoms with Crippen LogP contribution in [0.25, 0.3) is 0 Å². The molecular weight excluding hydrogens is 1120 g/mol.